The number of rotatable bonds is 4. The Labute approximate surface area is 168 Å². The molecule has 2 nitrogen and oxygen atoms in total. The Bertz CT molecular complexity index is 619. The monoisotopic (exact) mass is 388 g/mol. The molecule has 1 aromatic heterocycles. The van der Waals surface area contributed by atoms with Crippen molar-refractivity contribution in [2.45, 2.75) is 80.6 Å². The van der Waals surface area contributed by atoms with Crippen LogP contribution >= 0.6 is 24.0 Å². The van der Waals surface area contributed by atoms with Crippen molar-refractivity contribution in [3.05, 3.63) is 36.9 Å². The number of fused-ring (bicyclic) bond motifs is 1. The van der Waals surface area contributed by atoms with Crippen molar-refractivity contribution < 1.29 is 0 Å². The highest BCUT2D eigenvalue weighted by molar-refractivity contribution is 7.82. The molecule has 0 radical (unpaired) electrons. The van der Waals surface area contributed by atoms with Crippen LogP contribution in [0.1, 0.15) is 64.2 Å². The molecule has 0 saturated heterocycles. The highest BCUT2D eigenvalue weighted by Gasteiger charge is 2.27. The average Bonchev–Trinajstić information content (AvgIpc) is 3.08. The third-order valence-corrected chi connectivity index (χ3v) is 6.92. The molecule has 4 rings (SSSR count). The van der Waals surface area contributed by atoms with Crippen LogP contribution in [0.2, 0.25) is 0 Å². The van der Waals surface area contributed by atoms with Crippen LogP contribution in [0, 0.1) is 0 Å². The Morgan fingerprint density at radius 2 is 1.58 bits per heavy atom. The van der Waals surface area contributed by atoms with Crippen LogP contribution in [0.3, 0.4) is 0 Å². The molecule has 26 heavy (non-hydrogen) atoms. The molecule has 2 aliphatic carbocycles. The smallest absolute Gasteiger partial charge is 0.148 e. The lowest BCUT2D eigenvalue weighted by atomic mass is 9.88. The molecular formula is C22H32N2S2. The highest BCUT2D eigenvalue weighted by Crippen LogP contribution is 2.30. The molecule has 0 unspecified atom stereocenters. The number of para-hydroxylation sites is 1. The van der Waals surface area contributed by atoms with Crippen LogP contribution in [0.25, 0.3) is 10.2 Å². The summed E-state index contributed by atoms with van der Waals surface area (Å²) in [4.78, 5) is 6.98. The fourth-order valence-corrected chi connectivity index (χ4v) is 5.54. The fourth-order valence-electron chi connectivity index (χ4n) is 4.43. The summed E-state index contributed by atoms with van der Waals surface area (Å²) in [6.45, 7) is 5.07. The van der Waals surface area contributed by atoms with Crippen molar-refractivity contribution in [3.63, 3.8) is 0 Å². The standard InChI is InChI=1S/C15H27N.C7H5NS2/c1-2-13-16(14-9-5-3-6-10-14)15-11-7-4-8-12-15;9-7-8-5-3-1-2-4-6(5)10-7/h2,14-15H,1,3-13H2;1-4H,(H,8,9). The maximum absolute atomic E-state index is 4.20. The van der Waals surface area contributed by atoms with Crippen LogP contribution in [0.5, 0.6) is 0 Å². The molecule has 0 aliphatic heterocycles. The minimum atomic E-state index is 0.834. The van der Waals surface area contributed by atoms with Crippen LogP contribution < -0.4 is 0 Å². The first-order chi connectivity index (χ1) is 12.8. The van der Waals surface area contributed by atoms with Crippen molar-refractivity contribution in [2.24, 2.45) is 0 Å². The number of thiazole rings is 1. The quantitative estimate of drug-likeness (QED) is 0.462. The number of thiol groups is 1. The maximum Gasteiger partial charge on any atom is 0.148 e. The van der Waals surface area contributed by atoms with Gasteiger partial charge < -0.3 is 0 Å². The zero-order valence-electron chi connectivity index (χ0n) is 15.8. The highest BCUT2D eigenvalue weighted by atomic mass is 32.2. The van der Waals surface area contributed by atoms with E-state index in [0.717, 1.165) is 28.5 Å². The normalized spacial score (nSPS) is 19.3. The Balaban J connectivity index is 0.000000167. The molecule has 1 aromatic carbocycles. The van der Waals surface area contributed by atoms with E-state index in [2.05, 4.69) is 35.2 Å². The van der Waals surface area contributed by atoms with Gasteiger partial charge in [-0.1, -0.05) is 56.7 Å². The summed E-state index contributed by atoms with van der Waals surface area (Å²) in [7, 11) is 0. The molecule has 1 heterocycles. The summed E-state index contributed by atoms with van der Waals surface area (Å²) in [5.41, 5.74) is 1.04. The van der Waals surface area contributed by atoms with Gasteiger partial charge in [0.1, 0.15) is 4.34 Å². The van der Waals surface area contributed by atoms with E-state index < -0.39 is 0 Å². The first-order valence-electron chi connectivity index (χ1n) is 10.2. The van der Waals surface area contributed by atoms with Crippen molar-refractivity contribution in [1.82, 2.24) is 9.88 Å². The largest absolute Gasteiger partial charge is 0.294 e. The van der Waals surface area contributed by atoms with Crippen LogP contribution in [0.4, 0.5) is 0 Å². The topological polar surface area (TPSA) is 16.1 Å². The first-order valence-corrected chi connectivity index (χ1v) is 11.5. The lowest BCUT2D eigenvalue weighted by Crippen LogP contribution is -2.45. The molecule has 0 bridgehead atoms. The summed E-state index contributed by atoms with van der Waals surface area (Å²) in [5.74, 6) is 0. The molecule has 0 amide bonds. The van der Waals surface area contributed by atoms with E-state index in [4.69, 9.17) is 0 Å². The third kappa shape index (κ3) is 5.58. The van der Waals surface area contributed by atoms with E-state index >= 15 is 0 Å². The van der Waals surface area contributed by atoms with Gasteiger partial charge in [-0.3, -0.25) is 4.90 Å². The number of nitrogens with zero attached hydrogens (tertiary/aromatic N) is 2. The molecule has 4 heteroatoms. The lowest BCUT2D eigenvalue weighted by Gasteiger charge is -2.41. The van der Waals surface area contributed by atoms with Crippen molar-refractivity contribution in [1.29, 1.82) is 0 Å². The second kappa shape index (κ2) is 10.5. The molecule has 142 valence electrons. The summed E-state index contributed by atoms with van der Waals surface area (Å²) >= 11 is 5.76. The summed E-state index contributed by atoms with van der Waals surface area (Å²) in [5, 5.41) is 0. The van der Waals surface area contributed by atoms with Crippen molar-refractivity contribution in [3.8, 4) is 0 Å². The van der Waals surface area contributed by atoms with Crippen LogP contribution in [-0.4, -0.2) is 28.5 Å². The van der Waals surface area contributed by atoms with Gasteiger partial charge in [0, 0.05) is 18.6 Å². The zero-order valence-corrected chi connectivity index (χ0v) is 17.5. The van der Waals surface area contributed by atoms with Crippen molar-refractivity contribution >= 4 is 34.2 Å². The van der Waals surface area contributed by atoms with E-state index in [-0.39, 0.29) is 0 Å². The van der Waals surface area contributed by atoms with Gasteiger partial charge in [-0.25, -0.2) is 4.98 Å². The van der Waals surface area contributed by atoms with Crippen LogP contribution in [0.15, 0.2) is 41.3 Å². The van der Waals surface area contributed by atoms with Gasteiger partial charge in [-0.05, 0) is 37.8 Å². The Morgan fingerprint density at radius 1 is 1.00 bits per heavy atom. The number of hydrogen-bond acceptors (Lipinski definition) is 4. The number of hydrogen-bond donors (Lipinski definition) is 1. The van der Waals surface area contributed by atoms with Gasteiger partial charge in [-0.15, -0.1) is 30.5 Å². The predicted octanol–water partition coefficient (Wildman–Crippen LogP) is 6.72. The lowest BCUT2D eigenvalue weighted by molar-refractivity contribution is 0.0940. The summed E-state index contributed by atoms with van der Waals surface area (Å²) in [6.07, 6.45) is 16.6. The Morgan fingerprint density at radius 3 is 2.12 bits per heavy atom. The van der Waals surface area contributed by atoms with E-state index in [1.54, 1.807) is 11.3 Å². The number of benzene rings is 1. The van der Waals surface area contributed by atoms with E-state index in [0.29, 0.717) is 0 Å². The van der Waals surface area contributed by atoms with Gasteiger partial charge in [0.25, 0.3) is 0 Å². The van der Waals surface area contributed by atoms with Crippen molar-refractivity contribution in [2.75, 3.05) is 6.54 Å². The third-order valence-electron chi connectivity index (χ3n) is 5.71. The SMILES string of the molecule is C=CCN(C1CCCCC1)C1CCCCC1.Sc1nc2ccccc2s1. The number of aromatic nitrogens is 1. The van der Waals surface area contributed by atoms with Gasteiger partial charge >= 0.3 is 0 Å². The van der Waals surface area contributed by atoms with Gasteiger partial charge in [0.15, 0.2) is 0 Å². The van der Waals surface area contributed by atoms with E-state index in [9.17, 15) is 0 Å². The molecule has 2 saturated carbocycles. The summed E-state index contributed by atoms with van der Waals surface area (Å²) < 4.78 is 2.04. The van der Waals surface area contributed by atoms with E-state index in [1.807, 2.05) is 24.3 Å². The fraction of sp³-hybridized carbons (Fsp3) is 0.591. The molecule has 2 fully saturated rings. The average molecular weight is 389 g/mol. The van der Waals surface area contributed by atoms with Gasteiger partial charge in [0.2, 0.25) is 0 Å². The first kappa shape index (κ1) is 19.9. The minimum absolute atomic E-state index is 0.834. The molecule has 0 N–H and O–H groups in total. The maximum atomic E-state index is 4.20. The zero-order chi connectivity index (χ0) is 18.2. The Kier molecular flexibility index (Phi) is 8.03. The molecule has 2 aromatic rings. The Hall–Kier alpha value is -0.840. The predicted molar refractivity (Wildman–Crippen MR) is 118 cm³/mol. The second-order valence-electron chi connectivity index (χ2n) is 7.53. The summed E-state index contributed by atoms with van der Waals surface area (Å²) in [6, 6.07) is 9.77. The van der Waals surface area contributed by atoms with E-state index in [1.165, 1.54) is 68.9 Å². The second-order valence-corrected chi connectivity index (χ2v) is 9.29. The molecule has 0 spiro atoms. The minimum Gasteiger partial charge on any atom is -0.294 e. The van der Waals surface area contributed by atoms with Gasteiger partial charge in [0.05, 0.1) is 10.2 Å². The molecular weight excluding hydrogens is 356 g/mol. The molecule has 0 atom stereocenters. The van der Waals surface area contributed by atoms with Crippen LogP contribution in [-0.2, 0) is 0 Å². The molecule has 2 aliphatic rings. The van der Waals surface area contributed by atoms with Gasteiger partial charge in [-0.2, -0.15) is 0 Å².